The molecule has 0 aliphatic heterocycles. The zero-order valence-corrected chi connectivity index (χ0v) is 9.53. The lowest BCUT2D eigenvalue weighted by molar-refractivity contribution is -0.391. The Morgan fingerprint density at radius 2 is 2.35 bits per heavy atom. The highest BCUT2D eigenvalue weighted by Gasteiger charge is 2.27. The maximum Gasteiger partial charge on any atom is 0.342 e. The van der Waals surface area contributed by atoms with Gasteiger partial charge in [0.15, 0.2) is 5.25 Å². The van der Waals surface area contributed by atoms with E-state index in [1.54, 1.807) is 0 Å². The Morgan fingerprint density at radius 1 is 1.65 bits per heavy atom. The number of aromatic nitrogens is 4. The van der Waals surface area contributed by atoms with E-state index < -0.39 is 10.2 Å². The molecule has 0 saturated heterocycles. The average Bonchev–Trinajstić information content (AvgIpc) is 2.83. The molecule has 2 heterocycles. The third-order valence-electron chi connectivity index (χ3n) is 2.12. The average molecular weight is 256 g/mol. The van der Waals surface area contributed by atoms with Crippen molar-refractivity contribution in [3.8, 4) is 0 Å². The molecule has 10 heteroatoms. The number of hydrogen-bond donors (Lipinski definition) is 2. The Labute approximate surface area is 100 Å². The second kappa shape index (κ2) is 4.05. The van der Waals surface area contributed by atoms with Crippen LogP contribution >= 0.6 is 12.6 Å². The SMILES string of the molecule is Cn1c([N+](=O)[O-])cnc1C(S)c1nnc(N)o1. The van der Waals surface area contributed by atoms with E-state index in [-0.39, 0.29) is 17.7 Å². The van der Waals surface area contributed by atoms with E-state index >= 15 is 0 Å². The fourth-order valence-corrected chi connectivity index (χ4v) is 1.65. The predicted molar refractivity (Wildman–Crippen MR) is 59.4 cm³/mol. The fourth-order valence-electron chi connectivity index (χ4n) is 1.31. The zero-order chi connectivity index (χ0) is 12.6. The summed E-state index contributed by atoms with van der Waals surface area (Å²) in [5.74, 6) is 0.310. The van der Waals surface area contributed by atoms with E-state index in [1.165, 1.54) is 11.6 Å². The first-order valence-corrected chi connectivity index (χ1v) is 4.95. The lowest BCUT2D eigenvalue weighted by Crippen LogP contribution is -2.05. The Morgan fingerprint density at radius 3 is 2.82 bits per heavy atom. The van der Waals surface area contributed by atoms with Crippen LogP contribution < -0.4 is 5.73 Å². The molecule has 0 fully saturated rings. The Balaban J connectivity index is 2.38. The standard InChI is InChI=1S/C7H8N6O3S/c1-12-3(13(14)15)2-9-5(12)4(17)6-10-11-7(8)16-6/h2,4,17H,1H3,(H2,8,11). The van der Waals surface area contributed by atoms with Gasteiger partial charge in [-0.3, -0.25) is 0 Å². The van der Waals surface area contributed by atoms with E-state index in [1.807, 2.05) is 0 Å². The number of hydrogen-bond acceptors (Lipinski definition) is 8. The topological polar surface area (TPSA) is 126 Å². The zero-order valence-electron chi connectivity index (χ0n) is 8.64. The molecule has 0 aliphatic rings. The van der Waals surface area contributed by atoms with Crippen molar-refractivity contribution in [3.05, 3.63) is 28.0 Å². The van der Waals surface area contributed by atoms with Crippen molar-refractivity contribution in [2.75, 3.05) is 5.73 Å². The van der Waals surface area contributed by atoms with E-state index in [0.29, 0.717) is 5.82 Å². The van der Waals surface area contributed by atoms with Crippen LogP contribution in [0.25, 0.3) is 0 Å². The molecule has 0 saturated carbocycles. The highest BCUT2D eigenvalue weighted by Crippen LogP contribution is 2.28. The summed E-state index contributed by atoms with van der Waals surface area (Å²) in [6.07, 6.45) is 1.14. The molecule has 0 aromatic carbocycles. The van der Waals surface area contributed by atoms with Gasteiger partial charge in [-0.25, -0.2) is 9.55 Å². The van der Waals surface area contributed by atoms with Gasteiger partial charge in [-0.15, -0.1) is 5.10 Å². The number of nitrogen functional groups attached to an aromatic ring is 1. The van der Waals surface area contributed by atoms with Crippen molar-refractivity contribution in [2.24, 2.45) is 7.05 Å². The van der Waals surface area contributed by atoms with Gasteiger partial charge in [0.25, 0.3) is 0 Å². The van der Waals surface area contributed by atoms with Gasteiger partial charge < -0.3 is 20.3 Å². The number of anilines is 1. The quantitative estimate of drug-likeness (QED) is 0.459. The number of nitrogens with zero attached hydrogens (tertiary/aromatic N) is 5. The molecule has 17 heavy (non-hydrogen) atoms. The summed E-state index contributed by atoms with van der Waals surface area (Å²) >= 11 is 4.22. The maximum atomic E-state index is 10.6. The smallest absolute Gasteiger partial charge is 0.342 e. The maximum absolute atomic E-state index is 10.6. The molecule has 0 amide bonds. The van der Waals surface area contributed by atoms with Crippen molar-refractivity contribution < 1.29 is 9.34 Å². The monoisotopic (exact) mass is 256 g/mol. The minimum atomic E-state index is -0.668. The first kappa shape index (κ1) is 11.4. The van der Waals surface area contributed by atoms with Gasteiger partial charge in [-0.1, -0.05) is 5.10 Å². The first-order chi connectivity index (χ1) is 8.00. The molecule has 0 spiro atoms. The van der Waals surface area contributed by atoms with Crippen LogP contribution in [0.3, 0.4) is 0 Å². The predicted octanol–water partition coefficient (Wildman–Crippen LogP) is 0.313. The second-order valence-electron chi connectivity index (χ2n) is 3.17. The lowest BCUT2D eigenvalue weighted by atomic mass is 10.4. The largest absolute Gasteiger partial charge is 0.406 e. The van der Waals surface area contributed by atoms with Gasteiger partial charge in [-0.05, 0) is 4.92 Å². The van der Waals surface area contributed by atoms with E-state index in [4.69, 9.17) is 10.2 Å². The highest BCUT2D eigenvalue weighted by molar-refractivity contribution is 7.80. The highest BCUT2D eigenvalue weighted by atomic mass is 32.1. The van der Waals surface area contributed by atoms with Crippen LogP contribution in [0.2, 0.25) is 0 Å². The van der Waals surface area contributed by atoms with Crippen LogP contribution in [-0.2, 0) is 7.05 Å². The number of nitro groups is 1. The molecular formula is C7H8N6O3S. The summed E-state index contributed by atoms with van der Waals surface area (Å²) in [6, 6.07) is -0.0947. The molecule has 1 unspecified atom stereocenters. The summed E-state index contributed by atoms with van der Waals surface area (Å²) in [5, 5.41) is 17.1. The third-order valence-corrected chi connectivity index (χ3v) is 2.57. The van der Waals surface area contributed by atoms with Crippen molar-refractivity contribution in [3.63, 3.8) is 0 Å². The van der Waals surface area contributed by atoms with Crippen molar-refractivity contribution in [1.82, 2.24) is 19.7 Å². The van der Waals surface area contributed by atoms with Gasteiger partial charge in [0.05, 0.1) is 7.05 Å². The Hall–Kier alpha value is -2.10. The first-order valence-electron chi connectivity index (χ1n) is 4.43. The minimum Gasteiger partial charge on any atom is -0.406 e. The number of imidazole rings is 1. The minimum absolute atomic E-state index is 0.0947. The van der Waals surface area contributed by atoms with Gasteiger partial charge >= 0.3 is 11.8 Å². The van der Waals surface area contributed by atoms with Gasteiger partial charge in [0.1, 0.15) is 6.20 Å². The van der Waals surface area contributed by atoms with Crippen LogP contribution in [0.4, 0.5) is 11.8 Å². The molecule has 0 aliphatic carbocycles. The molecular weight excluding hydrogens is 248 g/mol. The lowest BCUT2D eigenvalue weighted by Gasteiger charge is -2.02. The van der Waals surface area contributed by atoms with Crippen molar-refractivity contribution in [2.45, 2.75) is 5.25 Å². The van der Waals surface area contributed by atoms with E-state index in [9.17, 15) is 10.1 Å². The summed E-state index contributed by atoms with van der Waals surface area (Å²) < 4.78 is 6.27. The van der Waals surface area contributed by atoms with Crippen LogP contribution in [0.5, 0.6) is 0 Å². The number of rotatable bonds is 3. The summed E-state index contributed by atoms with van der Waals surface area (Å²) in [6.45, 7) is 0. The van der Waals surface area contributed by atoms with Crippen molar-refractivity contribution >= 4 is 24.5 Å². The van der Waals surface area contributed by atoms with Gasteiger partial charge in [0, 0.05) is 0 Å². The third kappa shape index (κ3) is 1.93. The fraction of sp³-hybridized carbons (Fsp3) is 0.286. The molecule has 2 aromatic heterocycles. The molecule has 0 radical (unpaired) electrons. The summed E-state index contributed by atoms with van der Waals surface area (Å²) in [4.78, 5) is 14.0. The second-order valence-corrected chi connectivity index (χ2v) is 3.69. The normalized spacial score (nSPS) is 12.6. The number of thiol groups is 1. The van der Waals surface area contributed by atoms with E-state index in [0.717, 1.165) is 6.20 Å². The molecule has 2 aromatic rings. The van der Waals surface area contributed by atoms with Crippen LogP contribution in [0.1, 0.15) is 17.0 Å². The Kier molecular flexibility index (Phi) is 2.71. The summed E-state index contributed by atoms with van der Waals surface area (Å²) in [7, 11) is 1.50. The molecule has 0 bridgehead atoms. The molecule has 2 rings (SSSR count). The van der Waals surface area contributed by atoms with Gasteiger partial charge in [-0.2, -0.15) is 12.6 Å². The Bertz CT molecular complexity index is 564. The van der Waals surface area contributed by atoms with Crippen LogP contribution in [0.15, 0.2) is 10.6 Å². The van der Waals surface area contributed by atoms with Crippen LogP contribution in [-0.4, -0.2) is 24.7 Å². The van der Waals surface area contributed by atoms with E-state index in [2.05, 4.69) is 27.8 Å². The molecule has 90 valence electrons. The number of nitrogens with two attached hydrogens (primary N) is 1. The van der Waals surface area contributed by atoms with Crippen LogP contribution in [0, 0.1) is 10.1 Å². The molecule has 1 atom stereocenters. The van der Waals surface area contributed by atoms with Crippen molar-refractivity contribution in [1.29, 1.82) is 0 Å². The van der Waals surface area contributed by atoms with Gasteiger partial charge in [0.2, 0.25) is 11.7 Å². The summed E-state index contributed by atoms with van der Waals surface area (Å²) in [5.41, 5.74) is 5.28. The molecule has 2 N–H and O–H groups in total. The molecule has 9 nitrogen and oxygen atoms in total.